The molecule has 0 aliphatic carbocycles. The van der Waals surface area contributed by atoms with Gasteiger partial charge in [0.25, 0.3) is 0 Å². The van der Waals surface area contributed by atoms with Gasteiger partial charge in [-0.1, -0.05) is 17.7 Å². The summed E-state index contributed by atoms with van der Waals surface area (Å²) in [5.74, 6) is 0.848. The van der Waals surface area contributed by atoms with E-state index in [1.165, 1.54) is 0 Å². The van der Waals surface area contributed by atoms with Crippen LogP contribution in [0.4, 0.5) is 0 Å². The van der Waals surface area contributed by atoms with E-state index in [0.29, 0.717) is 18.0 Å². The van der Waals surface area contributed by atoms with Gasteiger partial charge in [-0.2, -0.15) is 0 Å². The smallest absolute Gasteiger partial charge is 0.109 e. The lowest BCUT2D eigenvalue weighted by molar-refractivity contribution is 0.108. The van der Waals surface area contributed by atoms with Gasteiger partial charge in [0.2, 0.25) is 0 Å². The number of aromatic amines is 1. The second-order valence-electron chi connectivity index (χ2n) is 3.62. The summed E-state index contributed by atoms with van der Waals surface area (Å²) in [5, 5.41) is 0.654. The molecule has 1 aromatic heterocycles. The number of nitrogens with one attached hydrogen (secondary N) is 1. The van der Waals surface area contributed by atoms with Crippen molar-refractivity contribution in [3.63, 3.8) is 0 Å². The predicted molar refractivity (Wildman–Crippen MR) is 64.7 cm³/mol. The van der Waals surface area contributed by atoms with Crippen molar-refractivity contribution in [1.29, 1.82) is 0 Å². The Bertz CT molecular complexity index is 479. The van der Waals surface area contributed by atoms with Gasteiger partial charge in [-0.25, -0.2) is 4.98 Å². The van der Waals surface area contributed by atoms with Crippen LogP contribution in [0.15, 0.2) is 18.2 Å². The lowest BCUT2D eigenvalue weighted by Gasteiger charge is -2.09. The van der Waals surface area contributed by atoms with Gasteiger partial charge >= 0.3 is 0 Å². The van der Waals surface area contributed by atoms with Gasteiger partial charge in [0, 0.05) is 20.1 Å². The zero-order chi connectivity index (χ0) is 11.5. The van der Waals surface area contributed by atoms with Crippen molar-refractivity contribution in [3.8, 4) is 0 Å². The van der Waals surface area contributed by atoms with E-state index < -0.39 is 0 Å². The highest BCUT2D eigenvalue weighted by Gasteiger charge is 2.11. The third kappa shape index (κ3) is 2.19. The average Bonchev–Trinajstić information content (AvgIpc) is 2.70. The number of ether oxygens (including phenoxy) is 1. The summed E-state index contributed by atoms with van der Waals surface area (Å²) in [6, 6.07) is 5.66. The first kappa shape index (κ1) is 11.4. The van der Waals surface area contributed by atoms with Crippen LogP contribution in [-0.4, -0.2) is 29.7 Å². The molecule has 0 fully saturated rings. The van der Waals surface area contributed by atoms with Crippen molar-refractivity contribution in [2.24, 2.45) is 5.73 Å². The fourth-order valence-corrected chi connectivity index (χ4v) is 1.84. The van der Waals surface area contributed by atoms with Crippen LogP contribution in [0.1, 0.15) is 5.82 Å². The Kier molecular flexibility index (Phi) is 3.43. The van der Waals surface area contributed by atoms with Gasteiger partial charge in [-0.15, -0.1) is 0 Å². The molecule has 1 unspecified atom stereocenters. The van der Waals surface area contributed by atoms with Gasteiger partial charge in [0.15, 0.2) is 0 Å². The summed E-state index contributed by atoms with van der Waals surface area (Å²) in [6.07, 6.45) is 0.650. The molecule has 0 amide bonds. The van der Waals surface area contributed by atoms with Crippen LogP contribution in [0.2, 0.25) is 5.02 Å². The SMILES string of the molecule is COC(CN)Cc1nc2c(Cl)cccc2[nH]1. The maximum atomic E-state index is 6.04. The Morgan fingerprint density at radius 2 is 2.38 bits per heavy atom. The average molecular weight is 240 g/mol. The molecule has 0 saturated carbocycles. The monoisotopic (exact) mass is 239 g/mol. The number of nitrogens with two attached hydrogens (primary N) is 1. The summed E-state index contributed by atoms with van der Waals surface area (Å²) < 4.78 is 5.21. The zero-order valence-corrected chi connectivity index (χ0v) is 9.79. The minimum absolute atomic E-state index is 0.0145. The number of methoxy groups -OCH3 is 1. The van der Waals surface area contributed by atoms with Crippen LogP contribution in [0.3, 0.4) is 0 Å². The van der Waals surface area contributed by atoms with Crippen molar-refractivity contribution in [2.75, 3.05) is 13.7 Å². The summed E-state index contributed by atoms with van der Waals surface area (Å²) in [7, 11) is 1.65. The number of hydrogen-bond acceptors (Lipinski definition) is 3. The van der Waals surface area contributed by atoms with E-state index in [1.54, 1.807) is 7.11 Å². The normalized spacial score (nSPS) is 13.2. The van der Waals surface area contributed by atoms with E-state index in [9.17, 15) is 0 Å². The molecule has 2 aromatic rings. The molecule has 1 heterocycles. The van der Waals surface area contributed by atoms with E-state index >= 15 is 0 Å². The Morgan fingerprint density at radius 1 is 1.56 bits per heavy atom. The number of rotatable bonds is 4. The quantitative estimate of drug-likeness (QED) is 0.854. The Morgan fingerprint density at radius 3 is 3.00 bits per heavy atom. The molecule has 0 bridgehead atoms. The number of benzene rings is 1. The van der Waals surface area contributed by atoms with Crippen LogP contribution in [-0.2, 0) is 11.2 Å². The fraction of sp³-hybridized carbons (Fsp3) is 0.364. The largest absolute Gasteiger partial charge is 0.380 e. The topological polar surface area (TPSA) is 63.9 Å². The third-order valence-corrected chi connectivity index (χ3v) is 2.83. The molecule has 5 heteroatoms. The number of imidazole rings is 1. The summed E-state index contributed by atoms with van der Waals surface area (Å²) in [4.78, 5) is 7.63. The molecule has 86 valence electrons. The second kappa shape index (κ2) is 4.82. The minimum Gasteiger partial charge on any atom is -0.380 e. The molecule has 0 aliphatic rings. The van der Waals surface area contributed by atoms with Crippen LogP contribution < -0.4 is 5.73 Å². The van der Waals surface area contributed by atoms with Crippen molar-refractivity contribution in [2.45, 2.75) is 12.5 Å². The maximum absolute atomic E-state index is 6.04. The van der Waals surface area contributed by atoms with E-state index in [0.717, 1.165) is 16.9 Å². The number of aromatic nitrogens is 2. The van der Waals surface area contributed by atoms with Crippen molar-refractivity contribution >= 4 is 22.6 Å². The van der Waals surface area contributed by atoms with Crippen LogP contribution >= 0.6 is 11.6 Å². The van der Waals surface area contributed by atoms with Crippen molar-refractivity contribution < 1.29 is 4.74 Å². The summed E-state index contributed by atoms with van der Waals surface area (Å²) >= 11 is 6.04. The molecule has 0 spiro atoms. The van der Waals surface area contributed by atoms with Crippen LogP contribution in [0, 0.1) is 0 Å². The van der Waals surface area contributed by atoms with E-state index in [4.69, 9.17) is 22.1 Å². The Hall–Kier alpha value is -1.10. The number of hydrogen-bond donors (Lipinski definition) is 2. The fourth-order valence-electron chi connectivity index (χ4n) is 1.62. The van der Waals surface area contributed by atoms with Crippen LogP contribution in [0.5, 0.6) is 0 Å². The van der Waals surface area contributed by atoms with Gasteiger partial charge in [-0.3, -0.25) is 0 Å². The first-order chi connectivity index (χ1) is 7.74. The predicted octanol–water partition coefficient (Wildman–Crippen LogP) is 1.73. The van der Waals surface area contributed by atoms with Crippen LogP contribution in [0.25, 0.3) is 11.0 Å². The Labute approximate surface area is 98.8 Å². The second-order valence-corrected chi connectivity index (χ2v) is 4.02. The molecule has 0 saturated heterocycles. The first-order valence-corrected chi connectivity index (χ1v) is 5.48. The number of nitrogens with zero attached hydrogens (tertiary/aromatic N) is 1. The van der Waals surface area contributed by atoms with Gasteiger partial charge in [0.05, 0.1) is 16.6 Å². The third-order valence-electron chi connectivity index (χ3n) is 2.53. The highest BCUT2D eigenvalue weighted by atomic mass is 35.5. The molecular formula is C11H14ClN3O. The first-order valence-electron chi connectivity index (χ1n) is 5.10. The lowest BCUT2D eigenvalue weighted by atomic mass is 10.2. The Balaban J connectivity index is 2.29. The molecule has 4 nitrogen and oxygen atoms in total. The maximum Gasteiger partial charge on any atom is 0.109 e. The van der Waals surface area contributed by atoms with Gasteiger partial charge in [-0.05, 0) is 12.1 Å². The number of H-pyrrole nitrogens is 1. The van der Waals surface area contributed by atoms with Crippen molar-refractivity contribution in [1.82, 2.24) is 9.97 Å². The van der Waals surface area contributed by atoms with E-state index in [-0.39, 0.29) is 6.10 Å². The molecule has 3 N–H and O–H groups in total. The van der Waals surface area contributed by atoms with E-state index in [2.05, 4.69) is 9.97 Å². The molecule has 1 atom stereocenters. The number of para-hydroxylation sites is 1. The van der Waals surface area contributed by atoms with Gasteiger partial charge < -0.3 is 15.5 Å². The highest BCUT2D eigenvalue weighted by Crippen LogP contribution is 2.21. The highest BCUT2D eigenvalue weighted by molar-refractivity contribution is 6.34. The minimum atomic E-state index is -0.0145. The van der Waals surface area contributed by atoms with Gasteiger partial charge in [0.1, 0.15) is 11.3 Å². The van der Waals surface area contributed by atoms with E-state index in [1.807, 2.05) is 18.2 Å². The molecule has 1 aromatic carbocycles. The zero-order valence-electron chi connectivity index (χ0n) is 9.03. The number of fused-ring (bicyclic) bond motifs is 1. The molecule has 2 rings (SSSR count). The molecule has 0 aliphatic heterocycles. The van der Waals surface area contributed by atoms with Crippen molar-refractivity contribution in [3.05, 3.63) is 29.0 Å². The molecular weight excluding hydrogens is 226 g/mol. The lowest BCUT2D eigenvalue weighted by Crippen LogP contribution is -2.25. The number of halogens is 1. The molecule has 0 radical (unpaired) electrons. The summed E-state index contributed by atoms with van der Waals surface area (Å²) in [5.41, 5.74) is 7.30. The summed E-state index contributed by atoms with van der Waals surface area (Å²) in [6.45, 7) is 0.473. The standard InChI is InChI=1S/C11H14ClN3O/c1-16-7(6-13)5-10-14-9-4-2-3-8(12)11(9)15-10/h2-4,7H,5-6,13H2,1H3,(H,14,15). The molecule has 16 heavy (non-hydrogen) atoms.